The highest BCUT2D eigenvalue weighted by Crippen LogP contribution is 2.03. The van der Waals surface area contributed by atoms with Crippen molar-refractivity contribution in [1.29, 1.82) is 0 Å². The maximum Gasteiger partial charge on any atom is 0.306 e. The van der Waals surface area contributed by atoms with E-state index in [1.807, 2.05) is 30.3 Å². The third-order valence-electron chi connectivity index (χ3n) is 2.93. The Bertz CT molecular complexity index is 532. The molecule has 0 radical (unpaired) electrons. The van der Waals surface area contributed by atoms with E-state index in [0.29, 0.717) is 13.2 Å². The van der Waals surface area contributed by atoms with Gasteiger partial charge in [0.2, 0.25) is 5.91 Å². The van der Waals surface area contributed by atoms with Gasteiger partial charge in [0.1, 0.15) is 0 Å². The average molecular weight is 334 g/mol. The molecule has 124 valence electrons. The van der Waals surface area contributed by atoms with Crippen molar-refractivity contribution in [2.24, 2.45) is 0 Å². The minimum Gasteiger partial charge on any atom is -0.466 e. The quantitative estimate of drug-likeness (QED) is 0.313. The molecule has 1 aromatic carbocycles. The van der Waals surface area contributed by atoms with Gasteiger partial charge in [-0.25, -0.2) is 0 Å². The summed E-state index contributed by atoms with van der Waals surface area (Å²) >= 11 is 4.90. The molecule has 0 atom stereocenters. The fourth-order valence-corrected chi connectivity index (χ4v) is 1.99. The lowest BCUT2D eigenvalue weighted by Gasteiger charge is -2.08. The number of ether oxygens (including phenoxy) is 1. The molecule has 0 unspecified atom stereocenters. The van der Waals surface area contributed by atoms with Gasteiger partial charge in [0.05, 0.1) is 13.0 Å². The number of carbonyl (C=O) groups is 2. The van der Waals surface area contributed by atoms with Crippen LogP contribution in [0.1, 0.15) is 24.8 Å². The molecule has 0 bridgehead atoms. The van der Waals surface area contributed by atoms with Crippen LogP contribution in [0.3, 0.4) is 0 Å². The summed E-state index contributed by atoms with van der Waals surface area (Å²) in [4.78, 5) is 23.1. The molecular weight excluding hydrogens is 312 g/mol. The summed E-state index contributed by atoms with van der Waals surface area (Å²) in [5, 5.41) is 5.49. The van der Waals surface area contributed by atoms with E-state index in [0.717, 1.165) is 12.8 Å². The Balaban J connectivity index is 2.08. The van der Waals surface area contributed by atoms with Crippen LogP contribution in [0.2, 0.25) is 0 Å². The van der Waals surface area contributed by atoms with Crippen LogP contribution in [0.25, 0.3) is 0 Å². The number of carbonyl (C=O) groups excluding carboxylic acids is 2. The molecule has 0 spiro atoms. The average Bonchev–Trinajstić information content (AvgIpc) is 2.56. The largest absolute Gasteiger partial charge is 0.466 e. The number of hydrogen-bond donors (Lipinski definition) is 2. The monoisotopic (exact) mass is 334 g/mol. The topological polar surface area (TPSA) is 67.4 Å². The molecule has 0 aromatic heterocycles. The van der Waals surface area contributed by atoms with E-state index in [1.165, 1.54) is 5.56 Å². The smallest absolute Gasteiger partial charge is 0.306 e. The lowest BCUT2D eigenvalue weighted by atomic mass is 10.1. The molecule has 0 aliphatic heterocycles. The number of benzene rings is 1. The predicted molar refractivity (Wildman–Crippen MR) is 93.9 cm³/mol. The van der Waals surface area contributed by atoms with Crippen molar-refractivity contribution in [3.63, 3.8) is 0 Å². The number of nitrogens with one attached hydrogen (secondary N) is 2. The number of rotatable bonds is 9. The first-order valence-corrected chi connectivity index (χ1v) is 7.90. The highest BCUT2D eigenvalue weighted by molar-refractivity contribution is 7.80. The Morgan fingerprint density at radius 1 is 1.22 bits per heavy atom. The molecule has 0 saturated heterocycles. The molecule has 2 N–H and O–H groups in total. The second-order valence-corrected chi connectivity index (χ2v) is 5.26. The van der Waals surface area contributed by atoms with Crippen molar-refractivity contribution < 1.29 is 14.3 Å². The van der Waals surface area contributed by atoms with Crippen molar-refractivity contribution in [2.45, 2.75) is 25.7 Å². The first-order chi connectivity index (χ1) is 11.1. The van der Waals surface area contributed by atoms with Crippen molar-refractivity contribution >= 4 is 29.2 Å². The standard InChI is InChI=1S/C17H22N2O3S/c1-2-12-18-17(23)19-15(20)10-11-16(21)22-13-6-9-14-7-4-3-5-8-14/h2-5,7-8H,1,6,9-13H2,(H2,18,19,20,23). The van der Waals surface area contributed by atoms with Crippen LogP contribution >= 0.6 is 12.2 Å². The fraction of sp³-hybridized carbons (Fsp3) is 0.353. The first-order valence-electron chi connectivity index (χ1n) is 7.50. The molecular formula is C17H22N2O3S. The molecule has 23 heavy (non-hydrogen) atoms. The summed E-state index contributed by atoms with van der Waals surface area (Å²) in [5.41, 5.74) is 1.21. The van der Waals surface area contributed by atoms with Crippen molar-refractivity contribution in [3.8, 4) is 0 Å². The van der Waals surface area contributed by atoms with E-state index in [9.17, 15) is 9.59 Å². The first kappa shape index (κ1) is 18.8. The van der Waals surface area contributed by atoms with Gasteiger partial charge in [0.25, 0.3) is 0 Å². The van der Waals surface area contributed by atoms with Crippen molar-refractivity contribution in [1.82, 2.24) is 10.6 Å². The third kappa shape index (κ3) is 9.42. The summed E-state index contributed by atoms with van der Waals surface area (Å²) in [5.74, 6) is -0.689. The van der Waals surface area contributed by atoms with Gasteiger partial charge in [-0.3, -0.25) is 9.59 Å². The molecule has 5 nitrogen and oxygen atoms in total. The van der Waals surface area contributed by atoms with Crippen LogP contribution in [-0.4, -0.2) is 30.1 Å². The van der Waals surface area contributed by atoms with Crippen LogP contribution in [0.4, 0.5) is 0 Å². The zero-order valence-corrected chi connectivity index (χ0v) is 13.9. The molecule has 0 fully saturated rings. The molecule has 6 heteroatoms. The number of amides is 1. The van der Waals surface area contributed by atoms with Gasteiger partial charge in [-0.2, -0.15) is 0 Å². The minimum atomic E-state index is -0.377. The molecule has 0 aliphatic carbocycles. The van der Waals surface area contributed by atoms with E-state index in [4.69, 9.17) is 17.0 Å². The van der Waals surface area contributed by atoms with Gasteiger partial charge in [0.15, 0.2) is 5.11 Å². The van der Waals surface area contributed by atoms with E-state index in [2.05, 4.69) is 17.2 Å². The van der Waals surface area contributed by atoms with Gasteiger partial charge >= 0.3 is 5.97 Å². The zero-order chi connectivity index (χ0) is 16.9. The van der Waals surface area contributed by atoms with Crippen molar-refractivity contribution in [2.75, 3.05) is 13.2 Å². The Hall–Kier alpha value is -2.21. The van der Waals surface area contributed by atoms with Gasteiger partial charge in [-0.1, -0.05) is 36.4 Å². The second kappa shape index (κ2) is 11.4. The van der Waals surface area contributed by atoms with Crippen LogP contribution in [0, 0.1) is 0 Å². The molecule has 0 saturated carbocycles. The third-order valence-corrected chi connectivity index (χ3v) is 3.18. The summed E-state index contributed by atoms with van der Waals surface area (Å²) in [6, 6.07) is 10.0. The Morgan fingerprint density at radius 2 is 1.96 bits per heavy atom. The summed E-state index contributed by atoms with van der Waals surface area (Å²) < 4.78 is 5.10. The SMILES string of the molecule is C=CCNC(=S)NC(=O)CCC(=O)OCCCc1ccccc1. The number of esters is 1. The maximum atomic E-state index is 11.6. The Kier molecular flexibility index (Phi) is 9.31. The normalized spacial score (nSPS) is 9.74. The summed E-state index contributed by atoms with van der Waals surface area (Å²) in [6.07, 6.45) is 3.34. The van der Waals surface area contributed by atoms with E-state index in [-0.39, 0.29) is 29.8 Å². The number of hydrogen-bond acceptors (Lipinski definition) is 4. The zero-order valence-electron chi connectivity index (χ0n) is 13.0. The minimum absolute atomic E-state index is 0.0429. The predicted octanol–water partition coefficient (Wildman–Crippen LogP) is 2.12. The van der Waals surface area contributed by atoms with Crippen molar-refractivity contribution in [3.05, 3.63) is 48.6 Å². The lowest BCUT2D eigenvalue weighted by molar-refractivity contribution is -0.145. The second-order valence-electron chi connectivity index (χ2n) is 4.86. The summed E-state index contributed by atoms with van der Waals surface area (Å²) in [6.45, 7) is 4.36. The summed E-state index contributed by atoms with van der Waals surface area (Å²) in [7, 11) is 0. The fourth-order valence-electron chi connectivity index (χ4n) is 1.79. The highest BCUT2D eigenvalue weighted by Gasteiger charge is 2.09. The van der Waals surface area contributed by atoms with Crippen LogP contribution in [-0.2, 0) is 20.7 Å². The van der Waals surface area contributed by atoms with Crippen LogP contribution in [0.5, 0.6) is 0 Å². The van der Waals surface area contributed by atoms with E-state index < -0.39 is 0 Å². The Labute approximate surface area is 142 Å². The molecule has 0 heterocycles. The van der Waals surface area contributed by atoms with E-state index in [1.54, 1.807) is 6.08 Å². The molecule has 1 aromatic rings. The lowest BCUT2D eigenvalue weighted by Crippen LogP contribution is -2.39. The van der Waals surface area contributed by atoms with Crippen LogP contribution < -0.4 is 10.6 Å². The van der Waals surface area contributed by atoms with Gasteiger partial charge in [0, 0.05) is 13.0 Å². The number of thiocarbonyl (C=S) groups is 1. The molecule has 1 rings (SSSR count). The van der Waals surface area contributed by atoms with Gasteiger partial charge in [-0.05, 0) is 30.6 Å². The molecule has 0 aliphatic rings. The van der Waals surface area contributed by atoms with Crippen LogP contribution in [0.15, 0.2) is 43.0 Å². The Morgan fingerprint density at radius 3 is 2.65 bits per heavy atom. The molecule has 1 amide bonds. The number of aryl methyl sites for hydroxylation is 1. The van der Waals surface area contributed by atoms with E-state index >= 15 is 0 Å². The van der Waals surface area contributed by atoms with Gasteiger partial charge in [-0.15, -0.1) is 6.58 Å². The van der Waals surface area contributed by atoms with Gasteiger partial charge < -0.3 is 15.4 Å². The highest BCUT2D eigenvalue weighted by atomic mass is 32.1. The maximum absolute atomic E-state index is 11.6.